The van der Waals surface area contributed by atoms with Crippen LogP contribution in [0.25, 0.3) is 0 Å². The van der Waals surface area contributed by atoms with E-state index >= 15 is 0 Å². The van der Waals surface area contributed by atoms with E-state index in [1.807, 2.05) is 0 Å². The molecule has 1 heterocycles. The summed E-state index contributed by atoms with van der Waals surface area (Å²) in [6, 6.07) is 0. The number of aryl methyl sites for hydroxylation is 1. The molecule has 0 bridgehead atoms. The number of thiazole rings is 1. The first-order valence-electron chi connectivity index (χ1n) is 4.25. The maximum Gasteiger partial charge on any atom is 0.303 e. The molecule has 0 saturated carbocycles. The first-order chi connectivity index (χ1) is 6.39. The Kier molecular flexibility index (Phi) is 3.21. The van der Waals surface area contributed by atoms with E-state index in [0.29, 0.717) is 11.4 Å². The first-order valence-corrected chi connectivity index (χ1v) is 5.07. The predicted octanol–water partition coefficient (Wildman–Crippen LogP) is 2.36. The Morgan fingerprint density at radius 3 is 2.79 bits per heavy atom. The van der Waals surface area contributed by atoms with Crippen LogP contribution in [0.4, 0.5) is 4.39 Å². The van der Waals surface area contributed by atoms with E-state index in [1.165, 1.54) is 25.2 Å². The lowest BCUT2D eigenvalue weighted by Crippen LogP contribution is -2.07. The highest BCUT2D eigenvalue weighted by atomic mass is 32.1. The molecule has 0 fully saturated rings. The largest absolute Gasteiger partial charge is 0.481 e. The number of hydrogen-bond acceptors (Lipinski definition) is 3. The number of halogens is 1. The summed E-state index contributed by atoms with van der Waals surface area (Å²) >= 11 is 1.23. The number of aromatic nitrogens is 1. The topological polar surface area (TPSA) is 50.2 Å². The van der Waals surface area contributed by atoms with Gasteiger partial charge in [-0.05, 0) is 20.3 Å². The number of alkyl halides is 1. The molecular formula is C9H12FNO2S. The summed E-state index contributed by atoms with van der Waals surface area (Å²) in [4.78, 5) is 15.0. The average molecular weight is 217 g/mol. The standard InChI is InChI=1S/C9H12FNO2S/c1-9(2,10)8-11-5-6(14-8)3-4-7(12)13/h5H,3-4H2,1-2H3,(H,12,13). The van der Waals surface area contributed by atoms with Crippen molar-refractivity contribution in [2.24, 2.45) is 0 Å². The van der Waals surface area contributed by atoms with Gasteiger partial charge in [0.2, 0.25) is 0 Å². The molecule has 0 unspecified atom stereocenters. The number of carboxylic acid groups (broad SMARTS) is 1. The van der Waals surface area contributed by atoms with Crippen LogP contribution < -0.4 is 0 Å². The van der Waals surface area contributed by atoms with Gasteiger partial charge in [0.05, 0.1) is 6.42 Å². The van der Waals surface area contributed by atoms with Crippen LogP contribution in [0.3, 0.4) is 0 Å². The molecule has 1 aromatic heterocycles. The van der Waals surface area contributed by atoms with Crippen LogP contribution in [0.5, 0.6) is 0 Å². The lowest BCUT2D eigenvalue weighted by atomic mass is 10.2. The van der Waals surface area contributed by atoms with Crippen LogP contribution >= 0.6 is 11.3 Å². The van der Waals surface area contributed by atoms with Gasteiger partial charge in [-0.3, -0.25) is 4.79 Å². The van der Waals surface area contributed by atoms with Crippen LogP contribution in [0.15, 0.2) is 6.20 Å². The van der Waals surface area contributed by atoms with Gasteiger partial charge in [0.15, 0.2) is 5.67 Å². The summed E-state index contributed by atoms with van der Waals surface area (Å²) < 4.78 is 13.4. The van der Waals surface area contributed by atoms with Gasteiger partial charge in [-0.2, -0.15) is 0 Å². The minimum Gasteiger partial charge on any atom is -0.481 e. The molecule has 0 aliphatic heterocycles. The number of carbonyl (C=O) groups is 1. The molecule has 0 saturated heterocycles. The molecule has 0 spiro atoms. The Balaban J connectivity index is 2.64. The second-order valence-corrected chi connectivity index (χ2v) is 4.61. The van der Waals surface area contributed by atoms with Gasteiger partial charge >= 0.3 is 5.97 Å². The van der Waals surface area contributed by atoms with Gasteiger partial charge in [-0.1, -0.05) is 0 Å². The highest BCUT2D eigenvalue weighted by molar-refractivity contribution is 7.11. The van der Waals surface area contributed by atoms with Crippen LogP contribution in [0.1, 0.15) is 30.2 Å². The molecule has 14 heavy (non-hydrogen) atoms. The molecule has 0 atom stereocenters. The van der Waals surface area contributed by atoms with E-state index in [4.69, 9.17) is 5.11 Å². The van der Waals surface area contributed by atoms with Crippen LogP contribution in [0.2, 0.25) is 0 Å². The molecule has 1 N–H and O–H groups in total. The zero-order valence-corrected chi connectivity index (χ0v) is 8.90. The number of carboxylic acids is 1. The first kappa shape index (κ1) is 11.1. The van der Waals surface area contributed by atoms with Gasteiger partial charge in [-0.15, -0.1) is 11.3 Å². The Labute approximate surface area is 85.6 Å². The van der Waals surface area contributed by atoms with E-state index in [1.54, 1.807) is 6.20 Å². The summed E-state index contributed by atoms with van der Waals surface area (Å²) in [5, 5.41) is 8.85. The van der Waals surface area contributed by atoms with Gasteiger partial charge < -0.3 is 5.11 Å². The van der Waals surface area contributed by atoms with Gasteiger partial charge in [-0.25, -0.2) is 9.37 Å². The fraction of sp³-hybridized carbons (Fsp3) is 0.556. The van der Waals surface area contributed by atoms with E-state index < -0.39 is 11.6 Å². The van der Waals surface area contributed by atoms with Crippen LogP contribution in [-0.2, 0) is 16.9 Å². The van der Waals surface area contributed by atoms with Crippen molar-refractivity contribution >= 4 is 17.3 Å². The minimum absolute atomic E-state index is 0.0638. The third kappa shape index (κ3) is 3.06. The van der Waals surface area contributed by atoms with Crippen molar-refractivity contribution in [1.29, 1.82) is 0 Å². The smallest absolute Gasteiger partial charge is 0.303 e. The Morgan fingerprint density at radius 1 is 1.71 bits per heavy atom. The second kappa shape index (κ2) is 4.04. The maximum atomic E-state index is 13.4. The molecule has 0 aromatic carbocycles. The van der Waals surface area contributed by atoms with Crippen molar-refractivity contribution in [3.63, 3.8) is 0 Å². The third-order valence-electron chi connectivity index (χ3n) is 1.65. The number of rotatable bonds is 4. The van der Waals surface area contributed by atoms with Crippen molar-refractivity contribution in [2.75, 3.05) is 0 Å². The van der Waals surface area contributed by atoms with Crippen molar-refractivity contribution in [1.82, 2.24) is 4.98 Å². The molecule has 0 aliphatic carbocycles. The van der Waals surface area contributed by atoms with Crippen molar-refractivity contribution in [2.45, 2.75) is 32.4 Å². The van der Waals surface area contributed by atoms with Gasteiger partial charge in [0.25, 0.3) is 0 Å². The van der Waals surface area contributed by atoms with E-state index in [2.05, 4.69) is 4.98 Å². The summed E-state index contributed by atoms with van der Waals surface area (Å²) in [5.74, 6) is -0.848. The predicted molar refractivity (Wildman–Crippen MR) is 52.2 cm³/mol. The van der Waals surface area contributed by atoms with E-state index in [9.17, 15) is 9.18 Å². The van der Waals surface area contributed by atoms with E-state index in [0.717, 1.165) is 4.88 Å². The average Bonchev–Trinajstić information content (AvgIpc) is 2.47. The Bertz CT molecular complexity index is 330. The van der Waals surface area contributed by atoms with Crippen LogP contribution in [0, 0.1) is 0 Å². The van der Waals surface area contributed by atoms with Gasteiger partial charge in [0, 0.05) is 11.1 Å². The molecule has 3 nitrogen and oxygen atoms in total. The number of aliphatic carboxylic acids is 1. The zero-order valence-electron chi connectivity index (χ0n) is 8.08. The van der Waals surface area contributed by atoms with Gasteiger partial charge in [0.1, 0.15) is 5.01 Å². The summed E-state index contributed by atoms with van der Waals surface area (Å²) in [5.41, 5.74) is -1.44. The quantitative estimate of drug-likeness (QED) is 0.842. The molecule has 0 aliphatic rings. The molecule has 78 valence electrons. The van der Waals surface area contributed by atoms with Crippen molar-refractivity contribution < 1.29 is 14.3 Å². The second-order valence-electron chi connectivity index (χ2n) is 3.50. The molecule has 1 rings (SSSR count). The fourth-order valence-electron chi connectivity index (χ4n) is 0.928. The SMILES string of the molecule is CC(C)(F)c1ncc(CCC(=O)O)s1. The molecule has 5 heteroatoms. The normalized spacial score (nSPS) is 11.6. The number of nitrogens with zero attached hydrogens (tertiary/aromatic N) is 1. The summed E-state index contributed by atoms with van der Waals surface area (Å²) in [6.07, 6.45) is 2.03. The minimum atomic E-state index is -1.44. The molecule has 0 radical (unpaired) electrons. The van der Waals surface area contributed by atoms with Crippen LogP contribution in [-0.4, -0.2) is 16.1 Å². The Morgan fingerprint density at radius 2 is 2.36 bits per heavy atom. The number of hydrogen-bond donors (Lipinski definition) is 1. The molecular weight excluding hydrogens is 205 g/mol. The van der Waals surface area contributed by atoms with E-state index in [-0.39, 0.29) is 6.42 Å². The molecule has 0 amide bonds. The van der Waals surface area contributed by atoms with Crippen molar-refractivity contribution in [3.8, 4) is 0 Å². The molecule has 1 aromatic rings. The highest BCUT2D eigenvalue weighted by Gasteiger charge is 2.22. The monoisotopic (exact) mass is 217 g/mol. The lowest BCUT2D eigenvalue weighted by Gasteiger charge is -2.08. The Hall–Kier alpha value is -0.970. The summed E-state index contributed by atoms with van der Waals surface area (Å²) in [7, 11) is 0. The lowest BCUT2D eigenvalue weighted by molar-refractivity contribution is -0.136. The maximum absolute atomic E-state index is 13.4. The fourth-order valence-corrected chi connectivity index (χ4v) is 1.83. The summed E-state index contributed by atoms with van der Waals surface area (Å²) in [6.45, 7) is 2.87. The zero-order chi connectivity index (χ0) is 10.8. The third-order valence-corrected chi connectivity index (χ3v) is 3.00. The highest BCUT2D eigenvalue weighted by Crippen LogP contribution is 2.28. The van der Waals surface area contributed by atoms with Crippen molar-refractivity contribution in [3.05, 3.63) is 16.1 Å².